The van der Waals surface area contributed by atoms with Crippen LogP contribution in [-0.2, 0) is 19.6 Å². The summed E-state index contributed by atoms with van der Waals surface area (Å²) in [6.07, 6.45) is 0.676. The molecule has 0 radical (unpaired) electrons. The molecule has 3 aromatic rings. The van der Waals surface area contributed by atoms with E-state index in [1.54, 1.807) is 6.07 Å². The van der Waals surface area contributed by atoms with Gasteiger partial charge in [0.2, 0.25) is 0 Å². The molecule has 3 aromatic carbocycles. The number of hydrogen-bond donors (Lipinski definition) is 1. The van der Waals surface area contributed by atoms with Gasteiger partial charge >= 0.3 is 0 Å². The first kappa shape index (κ1) is 21.2. The minimum absolute atomic E-state index is 0. The van der Waals surface area contributed by atoms with Crippen LogP contribution >= 0.6 is 24.0 Å². The van der Waals surface area contributed by atoms with Crippen molar-refractivity contribution in [2.24, 2.45) is 0 Å². The van der Waals surface area contributed by atoms with Gasteiger partial charge in [-0.3, -0.25) is 0 Å². The zero-order chi connectivity index (χ0) is 18.2. The first-order valence-corrected chi connectivity index (χ1v) is 8.99. The molecule has 0 saturated carbocycles. The van der Waals surface area contributed by atoms with Gasteiger partial charge in [-0.1, -0.05) is 54.1 Å². The average molecular weight is 406 g/mol. The SMILES string of the molecule is Cl.Fc1ccccc1CCNCc1ccc(OCc2ccc(Cl)cc2)cc1. The van der Waals surface area contributed by atoms with Crippen molar-refractivity contribution in [1.29, 1.82) is 0 Å². The second-order valence-electron chi connectivity index (χ2n) is 6.08. The monoisotopic (exact) mass is 405 g/mol. The summed E-state index contributed by atoms with van der Waals surface area (Å²) in [6.45, 7) is 1.99. The van der Waals surface area contributed by atoms with E-state index in [1.165, 1.54) is 6.07 Å². The fourth-order valence-electron chi connectivity index (χ4n) is 2.61. The van der Waals surface area contributed by atoms with Crippen LogP contribution in [-0.4, -0.2) is 6.54 Å². The number of benzene rings is 3. The molecule has 5 heteroatoms. The van der Waals surface area contributed by atoms with E-state index >= 15 is 0 Å². The maximum absolute atomic E-state index is 13.6. The van der Waals surface area contributed by atoms with Crippen molar-refractivity contribution in [2.75, 3.05) is 6.54 Å². The molecule has 0 bridgehead atoms. The Morgan fingerprint density at radius 1 is 0.852 bits per heavy atom. The van der Waals surface area contributed by atoms with Crippen LogP contribution in [0.3, 0.4) is 0 Å². The lowest BCUT2D eigenvalue weighted by atomic mass is 10.1. The predicted molar refractivity (Wildman–Crippen MR) is 111 cm³/mol. The van der Waals surface area contributed by atoms with Gasteiger partial charge in [-0.05, 0) is 60.0 Å². The van der Waals surface area contributed by atoms with Gasteiger partial charge in [-0.25, -0.2) is 4.39 Å². The third kappa shape index (κ3) is 6.87. The summed E-state index contributed by atoms with van der Waals surface area (Å²) in [4.78, 5) is 0. The second-order valence-corrected chi connectivity index (χ2v) is 6.51. The predicted octanol–water partition coefficient (Wildman–Crippen LogP) is 5.81. The fourth-order valence-corrected chi connectivity index (χ4v) is 2.73. The molecule has 3 rings (SSSR count). The molecule has 0 saturated heterocycles. The van der Waals surface area contributed by atoms with Crippen LogP contribution in [0, 0.1) is 5.82 Å². The topological polar surface area (TPSA) is 21.3 Å². The number of ether oxygens (including phenoxy) is 1. The Labute approximate surface area is 170 Å². The molecule has 0 amide bonds. The Morgan fingerprint density at radius 3 is 2.22 bits per heavy atom. The molecule has 2 nitrogen and oxygen atoms in total. The van der Waals surface area contributed by atoms with Crippen LogP contribution in [0.4, 0.5) is 4.39 Å². The van der Waals surface area contributed by atoms with Crippen LogP contribution in [0.25, 0.3) is 0 Å². The highest BCUT2D eigenvalue weighted by Gasteiger charge is 2.01. The quantitative estimate of drug-likeness (QED) is 0.477. The Bertz CT molecular complexity index is 822. The van der Waals surface area contributed by atoms with Crippen molar-refractivity contribution in [3.63, 3.8) is 0 Å². The maximum atomic E-state index is 13.6. The van der Waals surface area contributed by atoms with E-state index in [-0.39, 0.29) is 18.2 Å². The molecule has 0 fully saturated rings. The largest absolute Gasteiger partial charge is 0.489 e. The van der Waals surface area contributed by atoms with Crippen LogP contribution < -0.4 is 10.1 Å². The van der Waals surface area contributed by atoms with E-state index in [4.69, 9.17) is 16.3 Å². The van der Waals surface area contributed by atoms with Crippen molar-refractivity contribution >= 4 is 24.0 Å². The molecule has 0 unspecified atom stereocenters. The molecule has 1 N–H and O–H groups in total. The zero-order valence-corrected chi connectivity index (χ0v) is 16.4. The standard InChI is InChI=1S/C22H21ClFNO.ClH/c23-20-9-5-18(6-10-20)16-26-21-11-7-17(8-12-21)15-25-14-13-19-3-1-2-4-22(19)24;/h1-12,25H,13-16H2;1H. The van der Waals surface area contributed by atoms with E-state index in [0.717, 1.165) is 40.6 Å². The summed E-state index contributed by atoms with van der Waals surface area (Å²) in [5.41, 5.74) is 2.98. The van der Waals surface area contributed by atoms with Crippen molar-refractivity contribution in [2.45, 2.75) is 19.6 Å². The van der Waals surface area contributed by atoms with Gasteiger partial charge in [0.05, 0.1) is 0 Å². The third-order valence-electron chi connectivity index (χ3n) is 4.10. The van der Waals surface area contributed by atoms with Gasteiger partial charge in [-0.15, -0.1) is 12.4 Å². The molecule has 27 heavy (non-hydrogen) atoms. The van der Waals surface area contributed by atoms with Gasteiger partial charge in [-0.2, -0.15) is 0 Å². The molecule has 0 heterocycles. The maximum Gasteiger partial charge on any atom is 0.126 e. The summed E-state index contributed by atoms with van der Waals surface area (Å²) in [5, 5.41) is 4.06. The molecule has 0 aliphatic heterocycles. The van der Waals surface area contributed by atoms with Gasteiger partial charge in [0.25, 0.3) is 0 Å². The van der Waals surface area contributed by atoms with E-state index in [2.05, 4.69) is 5.32 Å². The Morgan fingerprint density at radius 2 is 1.52 bits per heavy atom. The highest BCUT2D eigenvalue weighted by Crippen LogP contribution is 2.16. The van der Waals surface area contributed by atoms with Gasteiger partial charge in [0.15, 0.2) is 0 Å². The average Bonchev–Trinajstić information content (AvgIpc) is 2.67. The first-order valence-electron chi connectivity index (χ1n) is 8.61. The Balaban J connectivity index is 0.00000261. The summed E-state index contributed by atoms with van der Waals surface area (Å²) < 4.78 is 19.3. The van der Waals surface area contributed by atoms with E-state index < -0.39 is 0 Å². The number of halogens is 3. The van der Waals surface area contributed by atoms with Gasteiger partial charge < -0.3 is 10.1 Å². The van der Waals surface area contributed by atoms with Gasteiger partial charge in [0.1, 0.15) is 18.2 Å². The highest BCUT2D eigenvalue weighted by molar-refractivity contribution is 6.30. The molecule has 142 valence electrons. The Hall–Kier alpha value is -2.07. The van der Waals surface area contributed by atoms with Gasteiger partial charge in [0, 0.05) is 11.6 Å². The summed E-state index contributed by atoms with van der Waals surface area (Å²) in [6, 6.07) is 22.5. The second kappa shape index (κ2) is 10.9. The fraction of sp³-hybridized carbons (Fsp3) is 0.182. The molecule has 0 spiro atoms. The lowest BCUT2D eigenvalue weighted by Gasteiger charge is -2.09. The van der Waals surface area contributed by atoms with E-state index in [1.807, 2.05) is 60.7 Å². The number of hydrogen-bond acceptors (Lipinski definition) is 2. The molecular weight excluding hydrogens is 384 g/mol. The molecule has 0 aliphatic rings. The Kier molecular flexibility index (Phi) is 8.59. The summed E-state index contributed by atoms with van der Waals surface area (Å²) in [7, 11) is 0. The highest BCUT2D eigenvalue weighted by atomic mass is 35.5. The van der Waals surface area contributed by atoms with Crippen LogP contribution in [0.2, 0.25) is 5.02 Å². The smallest absolute Gasteiger partial charge is 0.126 e. The molecule has 0 aromatic heterocycles. The van der Waals surface area contributed by atoms with E-state index in [9.17, 15) is 4.39 Å². The molecule has 0 atom stereocenters. The third-order valence-corrected chi connectivity index (χ3v) is 4.35. The van der Waals surface area contributed by atoms with Crippen molar-refractivity contribution in [3.8, 4) is 5.75 Å². The molecule has 0 aliphatic carbocycles. The molecular formula is C22H22Cl2FNO. The lowest BCUT2D eigenvalue weighted by molar-refractivity contribution is 0.306. The minimum atomic E-state index is -0.142. The normalized spacial score (nSPS) is 10.3. The van der Waals surface area contributed by atoms with Crippen molar-refractivity contribution in [1.82, 2.24) is 5.32 Å². The van der Waals surface area contributed by atoms with Crippen molar-refractivity contribution in [3.05, 3.63) is 100 Å². The van der Waals surface area contributed by atoms with Crippen LogP contribution in [0.1, 0.15) is 16.7 Å². The van der Waals surface area contributed by atoms with E-state index in [0.29, 0.717) is 13.0 Å². The number of rotatable bonds is 8. The lowest BCUT2D eigenvalue weighted by Crippen LogP contribution is -2.17. The summed E-state index contributed by atoms with van der Waals surface area (Å²) >= 11 is 5.88. The summed E-state index contributed by atoms with van der Waals surface area (Å²) in [5.74, 6) is 0.687. The first-order chi connectivity index (χ1) is 12.7. The van der Waals surface area contributed by atoms with Crippen molar-refractivity contribution < 1.29 is 9.13 Å². The minimum Gasteiger partial charge on any atom is -0.489 e. The van der Waals surface area contributed by atoms with Crippen LogP contribution in [0.15, 0.2) is 72.8 Å². The number of nitrogens with one attached hydrogen (secondary N) is 1. The van der Waals surface area contributed by atoms with Crippen LogP contribution in [0.5, 0.6) is 5.75 Å². The zero-order valence-electron chi connectivity index (χ0n) is 14.8.